The number of ether oxygens (including phenoxy) is 1. The quantitative estimate of drug-likeness (QED) is 0.676. The van der Waals surface area contributed by atoms with E-state index in [2.05, 4.69) is 15.3 Å². The van der Waals surface area contributed by atoms with E-state index >= 15 is 0 Å². The number of thioether (sulfide) groups is 1. The van der Waals surface area contributed by atoms with Crippen LogP contribution in [0.15, 0.2) is 35.5 Å². The third kappa shape index (κ3) is 4.91. The molecule has 0 aliphatic heterocycles. The van der Waals surface area contributed by atoms with Crippen molar-refractivity contribution in [3.63, 3.8) is 0 Å². The van der Waals surface area contributed by atoms with Gasteiger partial charge in [-0.1, -0.05) is 23.4 Å². The zero-order chi connectivity index (χ0) is 15.2. The van der Waals surface area contributed by atoms with E-state index in [9.17, 15) is 4.79 Å². The summed E-state index contributed by atoms with van der Waals surface area (Å²) in [5.41, 5.74) is 1.46. The van der Waals surface area contributed by atoms with Crippen molar-refractivity contribution in [2.24, 2.45) is 0 Å². The van der Waals surface area contributed by atoms with Gasteiger partial charge >= 0.3 is 0 Å². The Labute approximate surface area is 132 Å². The van der Waals surface area contributed by atoms with Crippen LogP contribution in [0.25, 0.3) is 0 Å². The molecule has 0 spiro atoms. The van der Waals surface area contributed by atoms with Gasteiger partial charge in [0.25, 0.3) is 5.91 Å². The Hall–Kier alpha value is -1.79. The number of halogens is 1. The number of aryl methyl sites for hydroxylation is 1. The number of nitrogens with one attached hydrogen (secondary N) is 1. The lowest BCUT2D eigenvalue weighted by Gasteiger charge is -2.08. The highest BCUT2D eigenvalue weighted by Crippen LogP contribution is 2.16. The highest BCUT2D eigenvalue weighted by molar-refractivity contribution is 7.98. The van der Waals surface area contributed by atoms with Crippen molar-refractivity contribution in [2.45, 2.75) is 12.1 Å². The fraction of sp³-hybridized carbons (Fsp3) is 0.214. The fourth-order valence-electron chi connectivity index (χ4n) is 1.55. The van der Waals surface area contributed by atoms with Crippen LogP contribution < -0.4 is 10.1 Å². The second kappa shape index (κ2) is 7.28. The summed E-state index contributed by atoms with van der Waals surface area (Å²) in [7, 11) is 0. The summed E-state index contributed by atoms with van der Waals surface area (Å²) in [4.78, 5) is 20.2. The summed E-state index contributed by atoms with van der Waals surface area (Å²) in [6, 6.07) is 8.55. The van der Waals surface area contributed by atoms with Gasteiger partial charge in [-0.25, -0.2) is 4.98 Å². The van der Waals surface area contributed by atoms with E-state index in [4.69, 9.17) is 16.3 Å². The highest BCUT2D eigenvalue weighted by atomic mass is 35.5. The summed E-state index contributed by atoms with van der Waals surface area (Å²) in [5, 5.41) is 3.94. The number of anilines is 1. The lowest BCUT2D eigenvalue weighted by molar-refractivity contribution is -0.118. The smallest absolute Gasteiger partial charge is 0.262 e. The number of carbonyl (C=O) groups excluding carboxylic acids is 1. The van der Waals surface area contributed by atoms with Gasteiger partial charge in [-0.05, 0) is 37.4 Å². The molecular weight excluding hydrogens is 310 g/mol. The average Bonchev–Trinajstić information content (AvgIpc) is 2.47. The molecule has 0 radical (unpaired) electrons. The summed E-state index contributed by atoms with van der Waals surface area (Å²) in [6.07, 6.45) is 1.88. The number of benzene rings is 1. The Bertz CT molecular complexity index is 635. The number of rotatable bonds is 5. The van der Waals surface area contributed by atoms with Gasteiger partial charge in [0.05, 0.1) is 0 Å². The van der Waals surface area contributed by atoms with Crippen LogP contribution in [-0.2, 0) is 4.79 Å². The molecule has 2 rings (SSSR count). The maximum atomic E-state index is 11.8. The Morgan fingerprint density at radius 1 is 1.33 bits per heavy atom. The van der Waals surface area contributed by atoms with E-state index in [0.29, 0.717) is 21.7 Å². The molecule has 1 aromatic carbocycles. The van der Waals surface area contributed by atoms with Gasteiger partial charge in [-0.3, -0.25) is 4.79 Å². The van der Waals surface area contributed by atoms with Crippen molar-refractivity contribution in [1.82, 2.24) is 9.97 Å². The van der Waals surface area contributed by atoms with Gasteiger partial charge < -0.3 is 10.1 Å². The Morgan fingerprint density at radius 2 is 2.05 bits per heavy atom. The number of nitrogens with zero attached hydrogens (tertiary/aromatic N) is 2. The minimum absolute atomic E-state index is 0.118. The molecule has 1 heterocycles. The van der Waals surface area contributed by atoms with E-state index in [1.807, 2.05) is 13.2 Å². The van der Waals surface area contributed by atoms with Gasteiger partial charge in [-0.2, -0.15) is 4.98 Å². The Balaban J connectivity index is 1.92. The van der Waals surface area contributed by atoms with E-state index < -0.39 is 0 Å². The van der Waals surface area contributed by atoms with E-state index in [1.165, 1.54) is 11.8 Å². The predicted octanol–water partition coefficient (Wildman–Crippen LogP) is 3.18. The largest absolute Gasteiger partial charge is 0.467 e. The zero-order valence-electron chi connectivity index (χ0n) is 11.6. The molecular formula is C14H14ClN3O2S. The molecule has 0 atom stereocenters. The monoisotopic (exact) mass is 323 g/mol. The molecule has 0 unspecified atom stereocenters. The molecule has 0 aliphatic carbocycles. The van der Waals surface area contributed by atoms with Crippen molar-refractivity contribution < 1.29 is 9.53 Å². The van der Waals surface area contributed by atoms with Crippen LogP contribution in [0.3, 0.4) is 0 Å². The first kappa shape index (κ1) is 15.6. The second-order valence-corrected chi connectivity index (χ2v) is 5.39. The van der Waals surface area contributed by atoms with E-state index in [-0.39, 0.29) is 12.5 Å². The Morgan fingerprint density at radius 3 is 2.71 bits per heavy atom. The predicted molar refractivity (Wildman–Crippen MR) is 84.1 cm³/mol. The van der Waals surface area contributed by atoms with Crippen LogP contribution >= 0.6 is 23.4 Å². The minimum atomic E-state index is -0.265. The molecule has 110 valence electrons. The van der Waals surface area contributed by atoms with Crippen LogP contribution in [0.4, 0.5) is 5.69 Å². The van der Waals surface area contributed by atoms with Crippen molar-refractivity contribution in [1.29, 1.82) is 0 Å². The van der Waals surface area contributed by atoms with E-state index in [0.717, 1.165) is 5.69 Å². The maximum absolute atomic E-state index is 11.8. The van der Waals surface area contributed by atoms with Gasteiger partial charge in [0.1, 0.15) is 0 Å². The lowest BCUT2D eigenvalue weighted by atomic mass is 10.3. The van der Waals surface area contributed by atoms with Crippen molar-refractivity contribution in [2.75, 3.05) is 18.2 Å². The lowest BCUT2D eigenvalue weighted by Crippen LogP contribution is -2.20. The van der Waals surface area contributed by atoms with Crippen LogP contribution in [0.1, 0.15) is 5.69 Å². The summed E-state index contributed by atoms with van der Waals surface area (Å²) in [5.74, 6) is 0.123. The normalized spacial score (nSPS) is 10.2. The minimum Gasteiger partial charge on any atom is -0.467 e. The molecule has 0 aliphatic rings. The SMILES string of the molecule is CSc1nc(C)cc(OCC(=O)Nc2ccc(Cl)cc2)n1. The molecule has 0 saturated carbocycles. The van der Waals surface area contributed by atoms with Gasteiger partial charge in [0.2, 0.25) is 5.88 Å². The van der Waals surface area contributed by atoms with Crippen molar-refractivity contribution in [3.8, 4) is 5.88 Å². The third-order valence-corrected chi connectivity index (χ3v) is 3.27. The molecule has 0 bridgehead atoms. The number of hydrogen-bond donors (Lipinski definition) is 1. The van der Waals surface area contributed by atoms with Crippen LogP contribution in [0.2, 0.25) is 5.02 Å². The van der Waals surface area contributed by atoms with Crippen LogP contribution in [-0.4, -0.2) is 28.7 Å². The molecule has 0 fully saturated rings. The third-order valence-electron chi connectivity index (χ3n) is 2.47. The molecule has 2 aromatic rings. The first-order valence-electron chi connectivity index (χ1n) is 6.14. The Kier molecular flexibility index (Phi) is 5.41. The van der Waals surface area contributed by atoms with Crippen LogP contribution in [0.5, 0.6) is 5.88 Å². The molecule has 1 aromatic heterocycles. The second-order valence-electron chi connectivity index (χ2n) is 4.18. The first-order chi connectivity index (χ1) is 10.1. The van der Waals surface area contributed by atoms with Gasteiger partial charge in [0, 0.05) is 22.5 Å². The molecule has 7 heteroatoms. The van der Waals surface area contributed by atoms with Crippen molar-refractivity contribution >= 4 is 35.0 Å². The molecule has 1 N–H and O–H groups in total. The van der Waals surface area contributed by atoms with Gasteiger partial charge in [-0.15, -0.1) is 0 Å². The topological polar surface area (TPSA) is 64.1 Å². The molecule has 1 amide bonds. The summed E-state index contributed by atoms with van der Waals surface area (Å²) >= 11 is 7.20. The first-order valence-corrected chi connectivity index (χ1v) is 7.75. The summed E-state index contributed by atoms with van der Waals surface area (Å²) < 4.78 is 5.38. The number of aromatic nitrogens is 2. The number of hydrogen-bond acceptors (Lipinski definition) is 5. The van der Waals surface area contributed by atoms with Gasteiger partial charge in [0.15, 0.2) is 11.8 Å². The zero-order valence-corrected chi connectivity index (χ0v) is 13.2. The molecule has 21 heavy (non-hydrogen) atoms. The summed E-state index contributed by atoms with van der Waals surface area (Å²) in [6.45, 7) is 1.73. The van der Waals surface area contributed by atoms with Crippen LogP contribution in [0, 0.1) is 6.92 Å². The van der Waals surface area contributed by atoms with Crippen molar-refractivity contribution in [3.05, 3.63) is 41.0 Å². The average molecular weight is 324 g/mol. The highest BCUT2D eigenvalue weighted by Gasteiger charge is 2.07. The standard InChI is InChI=1S/C14H14ClN3O2S/c1-9-7-13(18-14(16-9)21-2)20-8-12(19)17-11-5-3-10(15)4-6-11/h3-7H,8H2,1-2H3,(H,17,19). The molecule has 0 saturated heterocycles. The maximum Gasteiger partial charge on any atom is 0.262 e. The van der Waals surface area contributed by atoms with E-state index in [1.54, 1.807) is 30.3 Å². The molecule has 5 nitrogen and oxygen atoms in total. The fourth-order valence-corrected chi connectivity index (χ4v) is 2.09. The number of amides is 1. The number of carbonyl (C=O) groups is 1.